The van der Waals surface area contributed by atoms with Gasteiger partial charge in [-0.3, -0.25) is 4.79 Å². The number of benzene rings is 2. The summed E-state index contributed by atoms with van der Waals surface area (Å²) in [7, 11) is 3.21. The number of methoxy groups -OCH3 is 2. The van der Waals surface area contributed by atoms with Gasteiger partial charge in [0, 0.05) is 0 Å². The van der Waals surface area contributed by atoms with Crippen LogP contribution in [0.2, 0.25) is 0 Å². The molecule has 1 amide bonds. The first-order chi connectivity index (χ1) is 10.7. The third kappa shape index (κ3) is 4.63. The number of hydrogen-bond acceptors (Lipinski definition) is 4. The molecule has 2 rings (SSSR count). The maximum absolute atomic E-state index is 11.8. The minimum Gasteiger partial charge on any atom is -0.497 e. The number of rotatable bonds is 6. The zero-order valence-corrected chi connectivity index (χ0v) is 12.6. The van der Waals surface area contributed by atoms with E-state index in [0.29, 0.717) is 0 Å². The molecule has 1 N–H and O–H groups in total. The van der Waals surface area contributed by atoms with E-state index in [9.17, 15) is 4.79 Å². The summed E-state index contributed by atoms with van der Waals surface area (Å²) in [6.07, 6.45) is 1.84. The van der Waals surface area contributed by atoms with Crippen LogP contribution >= 0.6 is 0 Å². The van der Waals surface area contributed by atoms with E-state index in [2.05, 4.69) is 10.5 Å². The standard InChI is InChI=1S/C17H18N2O3/c1-21-15-8-6-13(7-9-15)11-17(20)19-18-12-14-4-3-5-16(10-14)22-2/h3-10,12H,11H2,1-2H3,(H,19,20). The lowest BCUT2D eigenvalue weighted by molar-refractivity contribution is -0.120. The molecule has 114 valence electrons. The highest BCUT2D eigenvalue weighted by molar-refractivity contribution is 5.83. The summed E-state index contributed by atoms with van der Waals surface area (Å²) >= 11 is 0. The number of carbonyl (C=O) groups excluding carboxylic acids is 1. The van der Waals surface area contributed by atoms with Gasteiger partial charge in [-0.25, -0.2) is 5.43 Å². The van der Waals surface area contributed by atoms with Crippen molar-refractivity contribution in [3.05, 3.63) is 59.7 Å². The fraction of sp³-hybridized carbons (Fsp3) is 0.176. The zero-order valence-electron chi connectivity index (χ0n) is 12.6. The van der Waals surface area contributed by atoms with Crippen molar-refractivity contribution in [2.45, 2.75) is 6.42 Å². The van der Waals surface area contributed by atoms with Gasteiger partial charge in [0.15, 0.2) is 0 Å². The minimum absolute atomic E-state index is 0.177. The Balaban J connectivity index is 1.87. The fourth-order valence-corrected chi connectivity index (χ4v) is 1.87. The molecule has 22 heavy (non-hydrogen) atoms. The number of ether oxygens (including phenoxy) is 2. The van der Waals surface area contributed by atoms with Crippen LogP contribution in [-0.4, -0.2) is 26.3 Å². The van der Waals surface area contributed by atoms with Crippen molar-refractivity contribution in [1.29, 1.82) is 0 Å². The van der Waals surface area contributed by atoms with E-state index in [0.717, 1.165) is 22.6 Å². The van der Waals surface area contributed by atoms with E-state index in [1.54, 1.807) is 20.4 Å². The van der Waals surface area contributed by atoms with Crippen molar-refractivity contribution in [2.24, 2.45) is 5.10 Å². The molecule has 0 aliphatic carbocycles. The van der Waals surface area contributed by atoms with Crippen molar-refractivity contribution in [3.63, 3.8) is 0 Å². The smallest absolute Gasteiger partial charge is 0.244 e. The summed E-state index contributed by atoms with van der Waals surface area (Å²) in [5, 5.41) is 3.94. The molecular weight excluding hydrogens is 280 g/mol. The van der Waals surface area contributed by atoms with Gasteiger partial charge < -0.3 is 9.47 Å². The molecule has 5 nitrogen and oxygen atoms in total. The van der Waals surface area contributed by atoms with Crippen LogP contribution in [0.3, 0.4) is 0 Å². The van der Waals surface area contributed by atoms with Crippen molar-refractivity contribution in [2.75, 3.05) is 14.2 Å². The van der Waals surface area contributed by atoms with Gasteiger partial charge >= 0.3 is 0 Å². The average molecular weight is 298 g/mol. The summed E-state index contributed by atoms with van der Waals surface area (Å²) in [4.78, 5) is 11.8. The first-order valence-electron chi connectivity index (χ1n) is 6.80. The highest BCUT2D eigenvalue weighted by Gasteiger charge is 2.02. The van der Waals surface area contributed by atoms with Crippen LogP contribution in [0.5, 0.6) is 11.5 Å². The highest BCUT2D eigenvalue weighted by atomic mass is 16.5. The predicted octanol–water partition coefficient (Wildman–Crippen LogP) is 2.40. The van der Waals surface area contributed by atoms with E-state index >= 15 is 0 Å². The maximum atomic E-state index is 11.8. The van der Waals surface area contributed by atoms with E-state index in [1.807, 2.05) is 48.5 Å². The molecule has 0 saturated heterocycles. The van der Waals surface area contributed by atoms with Crippen molar-refractivity contribution in [3.8, 4) is 11.5 Å². The van der Waals surface area contributed by atoms with Gasteiger partial charge in [-0.2, -0.15) is 5.10 Å². The van der Waals surface area contributed by atoms with E-state index in [1.165, 1.54) is 0 Å². The lowest BCUT2D eigenvalue weighted by atomic mass is 10.1. The van der Waals surface area contributed by atoms with Gasteiger partial charge in [0.25, 0.3) is 0 Å². The number of amides is 1. The topological polar surface area (TPSA) is 59.9 Å². The van der Waals surface area contributed by atoms with E-state index < -0.39 is 0 Å². The SMILES string of the molecule is COc1ccc(CC(=O)NN=Cc2cccc(OC)c2)cc1. The van der Waals surface area contributed by atoms with E-state index in [-0.39, 0.29) is 12.3 Å². The summed E-state index contributed by atoms with van der Waals surface area (Å²) in [5.74, 6) is 1.33. The Hall–Kier alpha value is -2.82. The van der Waals surface area contributed by atoms with Crippen LogP contribution < -0.4 is 14.9 Å². The molecule has 0 aliphatic heterocycles. The average Bonchev–Trinajstić information content (AvgIpc) is 2.56. The van der Waals surface area contributed by atoms with Gasteiger partial charge in [0.1, 0.15) is 11.5 Å². The summed E-state index contributed by atoms with van der Waals surface area (Å²) < 4.78 is 10.2. The summed E-state index contributed by atoms with van der Waals surface area (Å²) in [6, 6.07) is 14.8. The second-order valence-electron chi connectivity index (χ2n) is 4.59. The second kappa shape index (κ2) is 7.83. The molecule has 0 radical (unpaired) electrons. The molecule has 0 bridgehead atoms. The molecule has 2 aromatic carbocycles. The Morgan fingerprint density at radius 1 is 1.09 bits per heavy atom. The van der Waals surface area contributed by atoms with Crippen molar-refractivity contribution < 1.29 is 14.3 Å². The predicted molar refractivity (Wildman–Crippen MR) is 85.4 cm³/mol. The minimum atomic E-state index is -0.177. The molecule has 0 saturated carbocycles. The molecule has 0 aromatic heterocycles. The number of hydrazone groups is 1. The first kappa shape index (κ1) is 15.6. The molecule has 0 atom stereocenters. The number of carbonyl (C=O) groups is 1. The number of nitrogens with one attached hydrogen (secondary N) is 1. The van der Waals surface area contributed by atoms with Gasteiger partial charge in [0.05, 0.1) is 26.9 Å². The van der Waals surface area contributed by atoms with Crippen molar-refractivity contribution >= 4 is 12.1 Å². The lowest BCUT2D eigenvalue weighted by Gasteiger charge is -2.03. The van der Waals surface area contributed by atoms with Crippen LogP contribution in [0, 0.1) is 0 Å². The molecule has 5 heteroatoms. The third-order valence-corrected chi connectivity index (χ3v) is 3.02. The molecule has 0 fully saturated rings. The Bertz CT molecular complexity index is 651. The zero-order chi connectivity index (χ0) is 15.8. The quantitative estimate of drug-likeness (QED) is 0.658. The molecule has 0 heterocycles. The fourth-order valence-electron chi connectivity index (χ4n) is 1.87. The lowest BCUT2D eigenvalue weighted by Crippen LogP contribution is -2.19. The molecule has 0 aliphatic rings. The van der Waals surface area contributed by atoms with E-state index in [4.69, 9.17) is 9.47 Å². The van der Waals surface area contributed by atoms with Gasteiger partial charge in [-0.1, -0.05) is 24.3 Å². The Labute approximate surface area is 129 Å². The Morgan fingerprint density at radius 2 is 1.82 bits per heavy atom. The molecule has 0 unspecified atom stereocenters. The Kier molecular flexibility index (Phi) is 5.54. The normalized spacial score (nSPS) is 10.5. The highest BCUT2D eigenvalue weighted by Crippen LogP contribution is 2.12. The van der Waals surface area contributed by atoms with Crippen LogP contribution in [0.15, 0.2) is 53.6 Å². The molecule has 0 spiro atoms. The van der Waals surface area contributed by atoms with Crippen LogP contribution in [0.4, 0.5) is 0 Å². The monoisotopic (exact) mass is 298 g/mol. The first-order valence-corrected chi connectivity index (χ1v) is 6.80. The van der Waals surface area contributed by atoms with Crippen molar-refractivity contribution in [1.82, 2.24) is 5.43 Å². The van der Waals surface area contributed by atoms with Crippen LogP contribution in [0.1, 0.15) is 11.1 Å². The van der Waals surface area contributed by atoms with Gasteiger partial charge in [-0.05, 0) is 35.4 Å². The largest absolute Gasteiger partial charge is 0.497 e. The maximum Gasteiger partial charge on any atom is 0.244 e. The van der Waals surface area contributed by atoms with Gasteiger partial charge in [-0.15, -0.1) is 0 Å². The third-order valence-electron chi connectivity index (χ3n) is 3.02. The van der Waals surface area contributed by atoms with Gasteiger partial charge in [0.2, 0.25) is 5.91 Å². The van der Waals surface area contributed by atoms with Crippen LogP contribution in [0.25, 0.3) is 0 Å². The second-order valence-corrected chi connectivity index (χ2v) is 4.59. The summed E-state index contributed by atoms with van der Waals surface area (Å²) in [5.41, 5.74) is 4.25. The summed E-state index contributed by atoms with van der Waals surface area (Å²) in [6.45, 7) is 0. The molecular formula is C17H18N2O3. The van der Waals surface area contributed by atoms with Crippen LogP contribution in [-0.2, 0) is 11.2 Å². The Morgan fingerprint density at radius 3 is 2.50 bits per heavy atom. The number of nitrogens with zero attached hydrogens (tertiary/aromatic N) is 1. The molecule has 2 aromatic rings. The number of hydrogen-bond donors (Lipinski definition) is 1.